The van der Waals surface area contributed by atoms with Gasteiger partial charge in [0.05, 0.1) is 0 Å². The molecule has 0 radical (unpaired) electrons. The third-order valence-electron chi connectivity index (χ3n) is 6.12. The Kier molecular flexibility index (Phi) is 9.59. The van der Waals surface area contributed by atoms with Crippen molar-refractivity contribution in [3.63, 3.8) is 0 Å². The van der Waals surface area contributed by atoms with Crippen molar-refractivity contribution in [1.82, 2.24) is 0 Å². The van der Waals surface area contributed by atoms with Gasteiger partial charge in [-0.2, -0.15) is 0 Å². The van der Waals surface area contributed by atoms with Gasteiger partial charge in [0.2, 0.25) is 0 Å². The van der Waals surface area contributed by atoms with Crippen molar-refractivity contribution in [3.05, 3.63) is 12.9 Å². The molecule has 0 saturated carbocycles. The van der Waals surface area contributed by atoms with Gasteiger partial charge in [-0.3, -0.25) is 0 Å². The second-order valence-corrected chi connectivity index (χ2v) is 49.0. The Hall–Kier alpha value is 1.40. The van der Waals surface area contributed by atoms with E-state index in [4.69, 9.17) is 0 Å². The molecule has 0 aliphatic heterocycles. The van der Waals surface area contributed by atoms with Crippen LogP contribution in [0.1, 0.15) is 34.1 Å². The molecule has 0 fully saturated rings. The van der Waals surface area contributed by atoms with Gasteiger partial charge < -0.3 is 0 Å². The first-order chi connectivity index (χ1) is 10.6. The van der Waals surface area contributed by atoms with Crippen LogP contribution in [-0.4, -0.2) is 51.5 Å². The fraction of sp³-hybridized carbons (Fsp3) is 0.850. The van der Waals surface area contributed by atoms with E-state index in [0.29, 0.717) is 4.94 Å². The van der Waals surface area contributed by atoms with E-state index in [2.05, 4.69) is 82.7 Å². The van der Waals surface area contributed by atoms with Crippen molar-refractivity contribution < 1.29 is 0 Å². The molecule has 140 valence electrons. The Morgan fingerprint density at radius 2 is 1.25 bits per heavy atom. The van der Waals surface area contributed by atoms with Crippen LogP contribution < -0.4 is 0 Å². The zero-order valence-corrected chi connectivity index (χ0v) is 25.9. The number of hydrogen-bond acceptors (Lipinski definition) is 0. The summed E-state index contributed by atoms with van der Waals surface area (Å²) in [4.78, 5) is 16.0. The summed E-state index contributed by atoms with van der Waals surface area (Å²) in [6.45, 7) is 18.4. The molecule has 0 nitrogen and oxygen atoms in total. The van der Waals surface area contributed by atoms with Crippen LogP contribution in [0.4, 0.5) is 0 Å². The van der Waals surface area contributed by atoms with Crippen LogP contribution in [-0.2, 0) is 0 Å². The summed E-state index contributed by atoms with van der Waals surface area (Å²) < 4.78 is 1.89. The zero-order valence-electron chi connectivity index (χ0n) is 19.2. The molecule has 0 heterocycles. The summed E-state index contributed by atoms with van der Waals surface area (Å²) >= 11 is -4.19. The van der Waals surface area contributed by atoms with Crippen molar-refractivity contribution in [1.29, 1.82) is 0 Å². The molecule has 0 amide bonds. The zero-order chi connectivity index (χ0) is 19.6. The molecule has 0 spiro atoms. The monoisotopic (exact) mass is 564 g/mol. The third-order valence-corrected chi connectivity index (χ3v) is 47.9. The van der Waals surface area contributed by atoms with Gasteiger partial charge in [-0.1, -0.05) is 0 Å². The molecule has 4 heteroatoms. The number of allylic oxidation sites excluding steroid dienone is 1. The molecule has 0 aromatic carbocycles. The second-order valence-electron chi connectivity index (χ2n) is 10.8. The van der Waals surface area contributed by atoms with E-state index in [1.165, 1.54) is 19.1 Å². The van der Waals surface area contributed by atoms with Gasteiger partial charge in [0.1, 0.15) is 0 Å². The van der Waals surface area contributed by atoms with Crippen molar-refractivity contribution in [3.8, 4) is 0 Å². The molecule has 0 bridgehead atoms. The summed E-state index contributed by atoms with van der Waals surface area (Å²) in [5.41, 5.74) is 5.92. The van der Waals surface area contributed by atoms with Gasteiger partial charge in [0, 0.05) is 0 Å². The van der Waals surface area contributed by atoms with Gasteiger partial charge in [-0.25, -0.2) is 0 Å². The van der Waals surface area contributed by atoms with E-state index < -0.39 is 44.8 Å². The fourth-order valence-corrected chi connectivity index (χ4v) is 59.9. The Labute approximate surface area is 164 Å². The first-order valence-corrected chi connectivity index (χ1v) is 33.6. The Morgan fingerprint density at radius 1 is 0.875 bits per heavy atom. The number of hydrogen-bond donors (Lipinski definition) is 0. The summed E-state index contributed by atoms with van der Waals surface area (Å²) in [7, 11) is -1.35. The SMILES string of the molecule is CCB(CC)[C@@](C)(C(=C=[C]([Sn]([CH3])([CH3])[CH3])[Sn]([CH3])([CH3])[CH3])CC)[Si](C)(C)C. The molecule has 0 aromatic heterocycles. The average molecular weight is 562 g/mol. The van der Waals surface area contributed by atoms with Gasteiger partial charge in [-0.15, -0.1) is 0 Å². The fourth-order valence-electron chi connectivity index (χ4n) is 4.65. The Balaban J connectivity index is 6.90. The van der Waals surface area contributed by atoms with Crippen molar-refractivity contribution in [2.75, 3.05) is 0 Å². The minimum atomic E-state index is -2.10. The third kappa shape index (κ3) is 5.96. The Bertz CT molecular complexity index is 465. The molecular formula is C20H45BSiSn2. The first kappa shape index (κ1) is 25.4. The summed E-state index contributed by atoms with van der Waals surface area (Å²) in [5.74, 6) is 0. The van der Waals surface area contributed by atoms with Crippen LogP contribution in [0.5, 0.6) is 0 Å². The van der Waals surface area contributed by atoms with Gasteiger partial charge in [0.15, 0.2) is 0 Å². The van der Waals surface area contributed by atoms with E-state index >= 15 is 0 Å². The van der Waals surface area contributed by atoms with Gasteiger partial charge >= 0.3 is 165 Å². The first-order valence-electron chi connectivity index (χ1n) is 10.1. The quantitative estimate of drug-likeness (QED) is 0.210. The van der Waals surface area contributed by atoms with Gasteiger partial charge in [0.25, 0.3) is 0 Å². The standard InChI is InChI=1S/C14H27BSi.6CH3.2Sn/c1-9-13(10-2)14(5,16(6,7)8)15(11-3)12-4;;;;;;;;/h9,11-12H2,1,3-8H3;6*1H3;;/t14-;;;;;;;;/m1......../s1. The molecule has 0 saturated heterocycles. The molecule has 0 unspecified atom stereocenters. The molecule has 1 atom stereocenters. The molecule has 0 rings (SSSR count). The second kappa shape index (κ2) is 9.06. The van der Waals surface area contributed by atoms with Crippen molar-refractivity contribution in [2.24, 2.45) is 0 Å². The summed E-state index contributed by atoms with van der Waals surface area (Å²) in [6, 6.07) is 0. The Morgan fingerprint density at radius 3 is 1.46 bits per heavy atom. The molecule has 0 aliphatic carbocycles. The molecular weight excluding hydrogens is 517 g/mol. The summed E-state index contributed by atoms with van der Waals surface area (Å²) in [5, 5.41) is 0. The summed E-state index contributed by atoms with van der Waals surface area (Å²) in [6.07, 6.45) is 3.79. The van der Waals surface area contributed by atoms with Crippen LogP contribution >= 0.6 is 0 Å². The normalized spacial score (nSPS) is 15.5. The van der Waals surface area contributed by atoms with E-state index in [9.17, 15) is 0 Å². The maximum absolute atomic E-state index is 4.23. The van der Waals surface area contributed by atoms with Crippen LogP contribution in [0, 0.1) is 0 Å². The molecule has 0 aromatic rings. The van der Waals surface area contributed by atoms with E-state index in [1.54, 1.807) is 5.57 Å². The van der Waals surface area contributed by atoms with Crippen molar-refractivity contribution >= 4 is 51.5 Å². The molecule has 0 N–H and O–H groups in total. The van der Waals surface area contributed by atoms with E-state index in [0.717, 1.165) is 6.71 Å². The molecule has 0 aliphatic rings. The van der Waals surface area contributed by atoms with Crippen molar-refractivity contribution in [2.45, 2.75) is 101 Å². The van der Waals surface area contributed by atoms with Crippen LogP contribution in [0.15, 0.2) is 12.9 Å². The topological polar surface area (TPSA) is 0 Å². The predicted octanol–water partition coefficient (Wildman–Crippen LogP) is 7.78. The van der Waals surface area contributed by atoms with Gasteiger partial charge in [-0.05, 0) is 0 Å². The van der Waals surface area contributed by atoms with Crippen LogP contribution in [0.25, 0.3) is 0 Å². The van der Waals surface area contributed by atoms with Crippen LogP contribution in [0.2, 0.25) is 66.9 Å². The minimum absolute atomic E-state index is 0.380. The number of rotatable bonds is 8. The van der Waals surface area contributed by atoms with Crippen LogP contribution in [0.3, 0.4) is 0 Å². The van der Waals surface area contributed by atoms with E-state index in [1.807, 2.05) is 1.60 Å². The molecule has 24 heavy (non-hydrogen) atoms. The predicted molar refractivity (Wildman–Crippen MR) is 126 cm³/mol. The average Bonchev–Trinajstić information content (AvgIpc) is 2.36. The van der Waals surface area contributed by atoms with E-state index in [-0.39, 0.29) is 0 Å². The maximum atomic E-state index is 4.23.